The molecule has 1 aromatic heterocycles. The van der Waals surface area contributed by atoms with Crippen molar-refractivity contribution in [1.29, 1.82) is 0 Å². The number of aliphatic carboxylic acids is 1. The number of nitrogens with one attached hydrogen (secondary N) is 2. The monoisotopic (exact) mass is 516 g/mol. The summed E-state index contributed by atoms with van der Waals surface area (Å²) in [5.41, 5.74) is 3.87. The van der Waals surface area contributed by atoms with E-state index in [9.17, 15) is 24.3 Å². The third-order valence-corrected chi connectivity index (χ3v) is 7.77. The summed E-state index contributed by atoms with van der Waals surface area (Å²) in [6.45, 7) is 5.04. The molecule has 0 spiro atoms. The first kappa shape index (κ1) is 24.7. The molecule has 1 unspecified atom stereocenters. The lowest BCUT2D eigenvalue weighted by molar-refractivity contribution is -0.151. The Hall–Kier alpha value is -3.38. The zero-order chi connectivity index (χ0) is 25.3. The van der Waals surface area contributed by atoms with Crippen molar-refractivity contribution >= 4 is 57.7 Å². The lowest BCUT2D eigenvalue weighted by Gasteiger charge is -2.49. The number of fused-ring (bicyclic) bond motifs is 1. The van der Waals surface area contributed by atoms with Gasteiger partial charge in [0.25, 0.3) is 5.91 Å². The van der Waals surface area contributed by atoms with Crippen molar-refractivity contribution in [2.75, 3.05) is 17.7 Å². The van der Waals surface area contributed by atoms with Gasteiger partial charge in [0.15, 0.2) is 5.13 Å². The number of hydrogen-bond acceptors (Lipinski definition) is 9. The number of ether oxygens (including phenoxy) is 1. The number of amides is 2. The first-order valence-electron chi connectivity index (χ1n) is 10.8. The first-order chi connectivity index (χ1) is 16.7. The Balaban J connectivity index is 1.38. The molecule has 1 saturated heterocycles. The Morgan fingerprint density at radius 1 is 1.26 bits per heavy atom. The molecular formula is C23H24N4O6S2. The predicted molar refractivity (Wildman–Crippen MR) is 131 cm³/mol. The number of carbonyl (C=O) groups is 4. The standard InChI is InChI=1S/C23H24N4O6S2/c1-11-5-4-6-12(2)17(11)26-23-24-15(10-35-23)7-16(29)25-18-20(30)27-19(22(31)32)14(8-33-13(3)28)9-34-21(18)27/h4-6,10,18,21H,7-9H2,1-3H3,(H,24,26)(H,25,29)(H,31,32)/t18?,21-/m0/s1. The van der Waals surface area contributed by atoms with Crippen LogP contribution in [0.15, 0.2) is 34.8 Å². The molecule has 2 amide bonds. The van der Waals surface area contributed by atoms with Gasteiger partial charge in [0, 0.05) is 29.3 Å². The Kier molecular flexibility index (Phi) is 7.13. The fourth-order valence-corrected chi connectivity index (χ4v) is 5.98. The number of aromatic nitrogens is 1. The number of thioether (sulfide) groups is 1. The van der Waals surface area contributed by atoms with Crippen LogP contribution in [0.5, 0.6) is 0 Å². The van der Waals surface area contributed by atoms with E-state index in [2.05, 4.69) is 15.6 Å². The molecule has 0 aliphatic carbocycles. The van der Waals surface area contributed by atoms with Gasteiger partial charge < -0.3 is 20.5 Å². The number of esters is 1. The van der Waals surface area contributed by atoms with E-state index >= 15 is 0 Å². The van der Waals surface area contributed by atoms with Crippen LogP contribution >= 0.6 is 23.1 Å². The summed E-state index contributed by atoms with van der Waals surface area (Å²) in [7, 11) is 0. The number of carboxylic acids is 1. The summed E-state index contributed by atoms with van der Waals surface area (Å²) in [6.07, 6.45) is -0.00850. The van der Waals surface area contributed by atoms with E-state index in [0.29, 0.717) is 16.4 Å². The number of nitrogens with zero attached hydrogens (tertiary/aromatic N) is 2. The highest BCUT2D eigenvalue weighted by Gasteiger charge is 2.54. The minimum Gasteiger partial charge on any atom is -0.477 e. The second-order valence-electron chi connectivity index (χ2n) is 8.21. The summed E-state index contributed by atoms with van der Waals surface area (Å²) in [5.74, 6) is -2.43. The average molecular weight is 517 g/mol. The first-order valence-corrected chi connectivity index (χ1v) is 12.7. The van der Waals surface area contributed by atoms with Crippen LogP contribution in [0.1, 0.15) is 23.7 Å². The second-order valence-corrected chi connectivity index (χ2v) is 10.2. The van der Waals surface area contributed by atoms with E-state index in [0.717, 1.165) is 21.7 Å². The van der Waals surface area contributed by atoms with Gasteiger partial charge in [0.05, 0.1) is 12.1 Å². The van der Waals surface area contributed by atoms with Gasteiger partial charge in [0.2, 0.25) is 5.91 Å². The van der Waals surface area contributed by atoms with Crippen LogP contribution in [0.4, 0.5) is 10.8 Å². The maximum Gasteiger partial charge on any atom is 0.352 e. The van der Waals surface area contributed by atoms with Gasteiger partial charge in [0.1, 0.15) is 23.7 Å². The number of benzene rings is 1. The lowest BCUT2D eigenvalue weighted by Crippen LogP contribution is -2.70. The van der Waals surface area contributed by atoms with Crippen molar-refractivity contribution in [1.82, 2.24) is 15.2 Å². The van der Waals surface area contributed by atoms with Crippen LogP contribution in [0.2, 0.25) is 0 Å². The minimum absolute atomic E-state index is 0.00850. The van der Waals surface area contributed by atoms with Crippen LogP contribution < -0.4 is 10.6 Å². The van der Waals surface area contributed by atoms with Crippen molar-refractivity contribution < 1.29 is 29.0 Å². The van der Waals surface area contributed by atoms with E-state index in [4.69, 9.17) is 4.74 Å². The van der Waals surface area contributed by atoms with Crippen molar-refractivity contribution in [3.63, 3.8) is 0 Å². The van der Waals surface area contributed by atoms with Gasteiger partial charge in [-0.1, -0.05) is 18.2 Å². The third-order valence-electron chi connectivity index (χ3n) is 5.62. The Labute approximate surface area is 209 Å². The van der Waals surface area contributed by atoms with Gasteiger partial charge >= 0.3 is 11.9 Å². The molecule has 2 atom stereocenters. The molecule has 3 heterocycles. The van der Waals surface area contributed by atoms with Gasteiger partial charge in [-0.25, -0.2) is 9.78 Å². The van der Waals surface area contributed by atoms with Crippen molar-refractivity contribution in [3.8, 4) is 0 Å². The van der Waals surface area contributed by atoms with Gasteiger partial charge in [-0.05, 0) is 25.0 Å². The number of rotatable bonds is 8. The number of β-lactam (4-membered cyclic amide) rings is 1. The van der Waals surface area contributed by atoms with Crippen LogP contribution in [0, 0.1) is 13.8 Å². The predicted octanol–water partition coefficient (Wildman–Crippen LogP) is 2.35. The summed E-state index contributed by atoms with van der Waals surface area (Å²) >= 11 is 2.70. The minimum atomic E-state index is -1.28. The van der Waals surface area contributed by atoms with Crippen LogP contribution in [0.3, 0.4) is 0 Å². The van der Waals surface area contributed by atoms with E-state index in [-0.39, 0.29) is 30.4 Å². The molecule has 2 aliphatic heterocycles. The maximum absolute atomic E-state index is 12.7. The van der Waals surface area contributed by atoms with Crippen LogP contribution in [0.25, 0.3) is 0 Å². The van der Waals surface area contributed by atoms with E-state index < -0.39 is 29.3 Å². The highest BCUT2D eigenvalue weighted by atomic mass is 32.2. The zero-order valence-electron chi connectivity index (χ0n) is 19.3. The van der Waals surface area contributed by atoms with Crippen LogP contribution in [-0.4, -0.2) is 62.5 Å². The molecule has 3 N–H and O–H groups in total. The van der Waals surface area contributed by atoms with Gasteiger partial charge in [-0.15, -0.1) is 23.1 Å². The number of para-hydroxylation sites is 1. The molecule has 184 valence electrons. The molecule has 0 saturated carbocycles. The lowest BCUT2D eigenvalue weighted by atomic mass is 10.0. The number of carboxylic acid groups (broad SMARTS) is 1. The molecule has 0 radical (unpaired) electrons. The number of hydrogen-bond donors (Lipinski definition) is 3. The average Bonchev–Trinajstić information content (AvgIpc) is 3.24. The summed E-state index contributed by atoms with van der Waals surface area (Å²) in [4.78, 5) is 53.9. The summed E-state index contributed by atoms with van der Waals surface area (Å²) < 4.78 is 4.92. The highest BCUT2D eigenvalue weighted by molar-refractivity contribution is 8.00. The summed E-state index contributed by atoms with van der Waals surface area (Å²) in [5, 5.41) is 17.5. The number of carbonyl (C=O) groups excluding carboxylic acids is 3. The number of aryl methyl sites for hydroxylation is 2. The molecule has 1 aromatic carbocycles. The second kappa shape index (κ2) is 10.1. The van der Waals surface area contributed by atoms with E-state index in [1.165, 1.54) is 30.0 Å². The van der Waals surface area contributed by atoms with E-state index in [1.807, 2.05) is 32.0 Å². The Morgan fingerprint density at radius 3 is 2.63 bits per heavy atom. The molecule has 10 nitrogen and oxygen atoms in total. The fraction of sp³-hybridized carbons (Fsp3) is 0.348. The zero-order valence-corrected chi connectivity index (χ0v) is 20.9. The van der Waals surface area contributed by atoms with Crippen molar-refractivity contribution in [2.45, 2.75) is 38.6 Å². The molecular weight excluding hydrogens is 492 g/mol. The van der Waals surface area contributed by atoms with Gasteiger partial charge in [-0.2, -0.15) is 0 Å². The Bertz CT molecular complexity index is 1220. The normalized spacial score (nSPS) is 19.1. The molecule has 35 heavy (non-hydrogen) atoms. The fourth-order valence-electron chi connectivity index (χ4n) is 3.94. The Morgan fingerprint density at radius 2 is 1.97 bits per heavy atom. The number of anilines is 2. The quantitative estimate of drug-likeness (QED) is 0.356. The molecule has 2 aliphatic rings. The molecule has 0 bridgehead atoms. The third kappa shape index (κ3) is 5.17. The van der Waals surface area contributed by atoms with Crippen molar-refractivity contribution in [3.05, 3.63) is 51.7 Å². The smallest absolute Gasteiger partial charge is 0.352 e. The SMILES string of the molecule is CC(=O)OCC1=C(C(=O)O)N2C(=O)C(NC(=O)Cc3csc(Nc4c(C)cccc4C)n3)[C@@H]2SC1. The topological polar surface area (TPSA) is 138 Å². The largest absolute Gasteiger partial charge is 0.477 e. The van der Waals surface area contributed by atoms with E-state index in [1.54, 1.807) is 5.38 Å². The molecule has 1 fully saturated rings. The highest BCUT2D eigenvalue weighted by Crippen LogP contribution is 2.40. The molecule has 2 aromatic rings. The molecule has 12 heteroatoms. The summed E-state index contributed by atoms with van der Waals surface area (Å²) in [6, 6.07) is 5.16. The van der Waals surface area contributed by atoms with Crippen LogP contribution in [-0.2, 0) is 30.3 Å². The van der Waals surface area contributed by atoms with Gasteiger partial charge in [-0.3, -0.25) is 19.3 Å². The number of thiazole rings is 1. The maximum atomic E-state index is 12.7. The van der Waals surface area contributed by atoms with Crippen molar-refractivity contribution in [2.24, 2.45) is 0 Å². The molecule has 4 rings (SSSR count).